The maximum absolute atomic E-state index is 5.83. The van der Waals surface area contributed by atoms with Crippen molar-refractivity contribution in [3.63, 3.8) is 0 Å². The van der Waals surface area contributed by atoms with E-state index in [1.807, 2.05) is 26.0 Å². The van der Waals surface area contributed by atoms with Gasteiger partial charge in [0, 0.05) is 12.5 Å². The monoisotopic (exact) mass is 306 g/mol. The van der Waals surface area contributed by atoms with Crippen molar-refractivity contribution in [1.29, 1.82) is 0 Å². The molecule has 0 bridgehead atoms. The summed E-state index contributed by atoms with van der Waals surface area (Å²) in [6, 6.07) is 7.77. The molecule has 0 saturated heterocycles. The Morgan fingerprint density at radius 1 is 1.22 bits per heavy atom. The molecule has 0 aliphatic rings. The molecule has 0 spiro atoms. The summed E-state index contributed by atoms with van der Waals surface area (Å²) in [5.74, 6) is 2.18. The fourth-order valence-corrected chi connectivity index (χ4v) is 2.00. The van der Waals surface area contributed by atoms with Crippen molar-refractivity contribution in [2.24, 2.45) is 0 Å². The lowest BCUT2D eigenvalue weighted by molar-refractivity contribution is 0.454. The van der Waals surface area contributed by atoms with E-state index in [4.69, 9.17) is 4.74 Å². The highest BCUT2D eigenvalue weighted by atomic mass is 79.9. The SMILES string of the molecule is CCc1nc(Br)cc(Oc2cccc(C)c2C)n1. The standard InChI is InChI=1S/C14H15BrN2O/c1-4-13-16-12(15)8-14(17-13)18-11-7-5-6-9(2)10(11)3/h5-8H,4H2,1-3H3. The number of hydrogen-bond donors (Lipinski definition) is 0. The highest BCUT2D eigenvalue weighted by Gasteiger charge is 2.07. The zero-order valence-electron chi connectivity index (χ0n) is 10.7. The molecule has 3 nitrogen and oxygen atoms in total. The Hall–Kier alpha value is -1.42. The lowest BCUT2D eigenvalue weighted by Gasteiger charge is -2.10. The lowest BCUT2D eigenvalue weighted by atomic mass is 10.1. The van der Waals surface area contributed by atoms with Gasteiger partial charge in [0.15, 0.2) is 0 Å². The normalized spacial score (nSPS) is 10.4. The molecule has 1 heterocycles. The minimum atomic E-state index is 0.572. The summed E-state index contributed by atoms with van der Waals surface area (Å²) in [7, 11) is 0. The van der Waals surface area contributed by atoms with Crippen LogP contribution in [-0.4, -0.2) is 9.97 Å². The molecule has 1 aromatic carbocycles. The van der Waals surface area contributed by atoms with Crippen LogP contribution in [0, 0.1) is 13.8 Å². The molecule has 4 heteroatoms. The van der Waals surface area contributed by atoms with E-state index >= 15 is 0 Å². The van der Waals surface area contributed by atoms with Gasteiger partial charge in [-0.05, 0) is 47.0 Å². The van der Waals surface area contributed by atoms with Gasteiger partial charge < -0.3 is 4.74 Å². The number of benzene rings is 1. The van der Waals surface area contributed by atoms with Gasteiger partial charge in [-0.2, -0.15) is 4.98 Å². The van der Waals surface area contributed by atoms with Crippen molar-refractivity contribution in [1.82, 2.24) is 9.97 Å². The molecule has 0 aliphatic carbocycles. The van der Waals surface area contributed by atoms with Crippen LogP contribution in [0.5, 0.6) is 11.6 Å². The number of hydrogen-bond acceptors (Lipinski definition) is 3. The summed E-state index contributed by atoms with van der Waals surface area (Å²) < 4.78 is 6.58. The Labute approximate surface area is 115 Å². The summed E-state index contributed by atoms with van der Waals surface area (Å²) in [5, 5.41) is 0. The number of halogens is 1. The van der Waals surface area contributed by atoms with Crippen LogP contribution in [-0.2, 0) is 6.42 Å². The summed E-state index contributed by atoms with van der Waals surface area (Å²) >= 11 is 3.37. The highest BCUT2D eigenvalue weighted by molar-refractivity contribution is 9.10. The zero-order chi connectivity index (χ0) is 13.1. The Morgan fingerprint density at radius 2 is 2.00 bits per heavy atom. The van der Waals surface area contributed by atoms with Gasteiger partial charge in [-0.3, -0.25) is 0 Å². The van der Waals surface area contributed by atoms with Crippen LogP contribution >= 0.6 is 15.9 Å². The van der Waals surface area contributed by atoms with E-state index in [1.54, 1.807) is 6.07 Å². The van der Waals surface area contributed by atoms with Crippen molar-refractivity contribution < 1.29 is 4.74 Å². The fraction of sp³-hybridized carbons (Fsp3) is 0.286. The van der Waals surface area contributed by atoms with Gasteiger partial charge in [-0.25, -0.2) is 4.98 Å². The molecule has 2 rings (SSSR count). The van der Waals surface area contributed by atoms with Crippen LogP contribution in [0.1, 0.15) is 23.9 Å². The van der Waals surface area contributed by atoms with Crippen molar-refractivity contribution >= 4 is 15.9 Å². The molecule has 0 atom stereocenters. The van der Waals surface area contributed by atoms with Gasteiger partial charge in [-0.15, -0.1) is 0 Å². The first-order valence-corrected chi connectivity index (χ1v) is 6.67. The van der Waals surface area contributed by atoms with E-state index in [9.17, 15) is 0 Å². The second-order valence-corrected chi connectivity index (χ2v) is 4.91. The van der Waals surface area contributed by atoms with Gasteiger partial charge in [0.05, 0.1) is 0 Å². The third kappa shape index (κ3) is 2.88. The molecule has 0 fully saturated rings. The van der Waals surface area contributed by atoms with Gasteiger partial charge in [-0.1, -0.05) is 19.1 Å². The first-order valence-electron chi connectivity index (χ1n) is 5.87. The molecular weight excluding hydrogens is 292 g/mol. The van der Waals surface area contributed by atoms with E-state index in [2.05, 4.69) is 38.9 Å². The van der Waals surface area contributed by atoms with Gasteiger partial charge >= 0.3 is 0 Å². The third-order valence-corrected chi connectivity index (χ3v) is 3.21. The second kappa shape index (κ2) is 5.48. The summed E-state index contributed by atoms with van der Waals surface area (Å²) in [6.07, 6.45) is 0.780. The summed E-state index contributed by atoms with van der Waals surface area (Å²) in [5.41, 5.74) is 2.33. The third-order valence-electron chi connectivity index (χ3n) is 2.80. The number of ether oxygens (including phenoxy) is 1. The topological polar surface area (TPSA) is 35.0 Å². The average molecular weight is 307 g/mol. The molecule has 0 radical (unpaired) electrons. The second-order valence-electron chi connectivity index (χ2n) is 4.10. The fourth-order valence-electron chi connectivity index (χ4n) is 1.60. The predicted molar refractivity (Wildman–Crippen MR) is 75.1 cm³/mol. The van der Waals surface area contributed by atoms with Crippen molar-refractivity contribution in [2.45, 2.75) is 27.2 Å². The van der Waals surface area contributed by atoms with Crippen molar-refractivity contribution in [2.75, 3.05) is 0 Å². The van der Waals surface area contributed by atoms with E-state index in [0.717, 1.165) is 28.2 Å². The molecule has 0 amide bonds. The smallest absolute Gasteiger partial charge is 0.223 e. The van der Waals surface area contributed by atoms with E-state index in [-0.39, 0.29) is 0 Å². The molecule has 1 aromatic heterocycles. The van der Waals surface area contributed by atoms with E-state index < -0.39 is 0 Å². The molecule has 2 aromatic rings. The largest absolute Gasteiger partial charge is 0.439 e. The van der Waals surface area contributed by atoms with Gasteiger partial charge in [0.2, 0.25) is 5.88 Å². The molecule has 18 heavy (non-hydrogen) atoms. The molecule has 94 valence electrons. The lowest BCUT2D eigenvalue weighted by Crippen LogP contribution is -1.97. The first kappa shape index (κ1) is 13.0. The zero-order valence-corrected chi connectivity index (χ0v) is 12.3. The molecular formula is C14H15BrN2O. The van der Waals surface area contributed by atoms with E-state index in [0.29, 0.717) is 5.88 Å². The van der Waals surface area contributed by atoms with E-state index in [1.165, 1.54) is 5.56 Å². The van der Waals surface area contributed by atoms with Crippen LogP contribution in [0.15, 0.2) is 28.9 Å². The first-order chi connectivity index (χ1) is 8.60. The Bertz CT molecular complexity index is 570. The van der Waals surface area contributed by atoms with Crippen LogP contribution in [0.4, 0.5) is 0 Å². The quantitative estimate of drug-likeness (QED) is 0.797. The number of rotatable bonds is 3. The maximum Gasteiger partial charge on any atom is 0.223 e. The molecule has 0 unspecified atom stereocenters. The Kier molecular flexibility index (Phi) is 3.97. The van der Waals surface area contributed by atoms with Crippen molar-refractivity contribution in [3.8, 4) is 11.6 Å². The molecule has 0 saturated carbocycles. The summed E-state index contributed by atoms with van der Waals surface area (Å²) in [6.45, 7) is 6.13. The van der Waals surface area contributed by atoms with Crippen LogP contribution in [0.3, 0.4) is 0 Å². The summed E-state index contributed by atoms with van der Waals surface area (Å²) in [4.78, 5) is 8.61. The maximum atomic E-state index is 5.83. The number of aromatic nitrogens is 2. The van der Waals surface area contributed by atoms with Gasteiger partial charge in [0.25, 0.3) is 0 Å². The van der Waals surface area contributed by atoms with Crippen LogP contribution < -0.4 is 4.74 Å². The molecule has 0 aliphatic heterocycles. The Balaban J connectivity index is 2.34. The van der Waals surface area contributed by atoms with Crippen LogP contribution in [0.25, 0.3) is 0 Å². The minimum Gasteiger partial charge on any atom is -0.439 e. The average Bonchev–Trinajstić information content (AvgIpc) is 2.34. The predicted octanol–water partition coefficient (Wildman–Crippen LogP) is 4.21. The highest BCUT2D eigenvalue weighted by Crippen LogP contribution is 2.26. The van der Waals surface area contributed by atoms with Crippen LogP contribution in [0.2, 0.25) is 0 Å². The number of aryl methyl sites for hydroxylation is 2. The van der Waals surface area contributed by atoms with Gasteiger partial charge in [0.1, 0.15) is 16.2 Å². The minimum absolute atomic E-state index is 0.572. The number of nitrogens with zero attached hydrogens (tertiary/aromatic N) is 2. The molecule has 0 N–H and O–H groups in total. The van der Waals surface area contributed by atoms with Crippen molar-refractivity contribution in [3.05, 3.63) is 45.8 Å². The Morgan fingerprint density at radius 3 is 2.72 bits per heavy atom.